The van der Waals surface area contributed by atoms with Crippen molar-refractivity contribution in [3.63, 3.8) is 0 Å². The third kappa shape index (κ3) is 10.2. The minimum absolute atomic E-state index is 0.0273. The van der Waals surface area contributed by atoms with Crippen molar-refractivity contribution in [2.24, 2.45) is 35.5 Å². The first-order chi connectivity index (χ1) is 12.4. The van der Waals surface area contributed by atoms with Gasteiger partial charge in [-0.2, -0.15) is 0 Å². The van der Waals surface area contributed by atoms with Crippen molar-refractivity contribution in [3.05, 3.63) is 0 Å². The second-order valence-corrected chi connectivity index (χ2v) is 10.6. The highest BCUT2D eigenvalue weighted by Gasteiger charge is 2.34. The Balaban J connectivity index is 0.000000289. The van der Waals surface area contributed by atoms with Gasteiger partial charge in [0, 0.05) is 6.42 Å². The lowest BCUT2D eigenvalue weighted by molar-refractivity contribution is -0.157. The van der Waals surface area contributed by atoms with Gasteiger partial charge < -0.3 is 9.84 Å². The fourth-order valence-electron chi connectivity index (χ4n) is 4.31. The van der Waals surface area contributed by atoms with Gasteiger partial charge in [0.15, 0.2) is 0 Å². The van der Waals surface area contributed by atoms with Crippen LogP contribution in [0.1, 0.15) is 93.4 Å². The monoisotopic (exact) mass is 382 g/mol. The van der Waals surface area contributed by atoms with Crippen LogP contribution in [0.5, 0.6) is 0 Å². The lowest BCUT2D eigenvalue weighted by Crippen LogP contribution is -2.30. The van der Waals surface area contributed by atoms with E-state index in [9.17, 15) is 9.59 Å². The average Bonchev–Trinajstić information content (AvgIpc) is 2.37. The molecule has 4 nitrogen and oxygen atoms in total. The van der Waals surface area contributed by atoms with Gasteiger partial charge in [0.2, 0.25) is 0 Å². The van der Waals surface area contributed by atoms with Crippen LogP contribution >= 0.6 is 0 Å². The molecular formula is C23H42O4. The Morgan fingerprint density at radius 2 is 1.33 bits per heavy atom. The number of carbonyl (C=O) groups is 2. The zero-order valence-electron chi connectivity index (χ0n) is 18.6. The van der Waals surface area contributed by atoms with Crippen molar-refractivity contribution in [1.82, 2.24) is 0 Å². The number of carbonyl (C=O) groups excluding carboxylic acids is 1. The molecule has 0 aliphatic heterocycles. The number of carboxylic acids is 1. The highest BCUT2D eigenvalue weighted by Crippen LogP contribution is 2.40. The van der Waals surface area contributed by atoms with Crippen molar-refractivity contribution in [2.75, 3.05) is 0 Å². The summed E-state index contributed by atoms with van der Waals surface area (Å²) in [5.41, 5.74) is -0.335. The highest BCUT2D eigenvalue weighted by molar-refractivity contribution is 5.71. The van der Waals surface area contributed by atoms with E-state index in [1.807, 2.05) is 20.8 Å². The first-order valence-electron chi connectivity index (χ1n) is 10.8. The molecule has 0 atom stereocenters. The first kappa shape index (κ1) is 24.0. The van der Waals surface area contributed by atoms with Crippen molar-refractivity contribution in [2.45, 2.75) is 99.0 Å². The standard InChI is InChI=1S/C14H26O2.C9H16O2/c1-10(2)6-11-7-12(8-11)9-13(15)16-14(3,4)5;1-6(2)3-7-4-8(5-7)9(10)11/h10-12H,6-9H2,1-5H3;6-8H,3-5H2,1-2H3,(H,10,11). The summed E-state index contributed by atoms with van der Waals surface area (Å²) >= 11 is 0. The summed E-state index contributed by atoms with van der Waals surface area (Å²) in [6, 6.07) is 0. The minimum atomic E-state index is -0.606. The van der Waals surface area contributed by atoms with Gasteiger partial charge in [0.1, 0.15) is 5.60 Å². The maximum atomic E-state index is 11.6. The van der Waals surface area contributed by atoms with Crippen LogP contribution in [0, 0.1) is 35.5 Å². The Hall–Kier alpha value is -1.06. The Morgan fingerprint density at radius 1 is 0.889 bits per heavy atom. The molecule has 0 aromatic carbocycles. The van der Waals surface area contributed by atoms with E-state index in [0.29, 0.717) is 18.3 Å². The zero-order valence-corrected chi connectivity index (χ0v) is 18.6. The summed E-state index contributed by atoms with van der Waals surface area (Å²) < 4.78 is 5.32. The zero-order chi connectivity index (χ0) is 20.8. The summed E-state index contributed by atoms with van der Waals surface area (Å²) in [7, 11) is 0. The predicted octanol–water partition coefficient (Wildman–Crippen LogP) is 5.93. The lowest BCUT2D eigenvalue weighted by Gasteiger charge is -2.36. The molecule has 0 spiro atoms. The predicted molar refractivity (Wildman–Crippen MR) is 109 cm³/mol. The van der Waals surface area contributed by atoms with Gasteiger partial charge in [-0.1, -0.05) is 27.7 Å². The Labute approximate surface area is 166 Å². The number of hydrogen-bond donors (Lipinski definition) is 1. The minimum Gasteiger partial charge on any atom is -0.481 e. The van der Waals surface area contributed by atoms with Gasteiger partial charge in [-0.25, -0.2) is 0 Å². The van der Waals surface area contributed by atoms with Crippen LogP contribution in [0.4, 0.5) is 0 Å². The maximum absolute atomic E-state index is 11.6. The molecule has 2 aliphatic carbocycles. The number of carboxylic acid groups (broad SMARTS) is 1. The van der Waals surface area contributed by atoms with Crippen molar-refractivity contribution >= 4 is 11.9 Å². The molecule has 0 saturated heterocycles. The van der Waals surface area contributed by atoms with E-state index in [0.717, 1.165) is 30.6 Å². The van der Waals surface area contributed by atoms with Gasteiger partial charge >= 0.3 is 11.9 Å². The van der Waals surface area contributed by atoms with Crippen LogP contribution in [0.3, 0.4) is 0 Å². The number of ether oxygens (including phenoxy) is 1. The summed E-state index contributed by atoms with van der Waals surface area (Å²) in [5.74, 6) is 2.97. The Morgan fingerprint density at radius 3 is 1.70 bits per heavy atom. The quantitative estimate of drug-likeness (QED) is 0.554. The van der Waals surface area contributed by atoms with E-state index >= 15 is 0 Å². The molecule has 0 aromatic heterocycles. The summed E-state index contributed by atoms with van der Waals surface area (Å²) in [6.45, 7) is 14.7. The Kier molecular flexibility index (Phi) is 9.30. The third-order valence-electron chi connectivity index (χ3n) is 5.40. The summed E-state index contributed by atoms with van der Waals surface area (Å²) in [4.78, 5) is 22.0. The first-order valence-corrected chi connectivity index (χ1v) is 10.8. The molecule has 4 heteroatoms. The molecule has 2 rings (SSSR count). The number of hydrogen-bond acceptors (Lipinski definition) is 3. The van der Waals surface area contributed by atoms with Gasteiger partial charge in [-0.15, -0.1) is 0 Å². The lowest BCUT2D eigenvalue weighted by atomic mass is 9.70. The van der Waals surface area contributed by atoms with Gasteiger partial charge in [-0.05, 0) is 88.9 Å². The molecule has 0 bridgehead atoms. The second-order valence-electron chi connectivity index (χ2n) is 10.6. The number of esters is 1. The topological polar surface area (TPSA) is 63.6 Å². The second kappa shape index (κ2) is 10.5. The molecule has 2 aliphatic rings. The van der Waals surface area contributed by atoms with Crippen LogP contribution in [-0.4, -0.2) is 22.6 Å². The normalized spacial score (nSPS) is 27.3. The van der Waals surface area contributed by atoms with Crippen molar-refractivity contribution in [3.8, 4) is 0 Å². The molecule has 2 fully saturated rings. The van der Waals surface area contributed by atoms with E-state index < -0.39 is 5.97 Å². The van der Waals surface area contributed by atoms with Gasteiger partial charge in [-0.3, -0.25) is 9.59 Å². The van der Waals surface area contributed by atoms with Crippen LogP contribution in [0.25, 0.3) is 0 Å². The van der Waals surface area contributed by atoms with Gasteiger partial charge in [0.25, 0.3) is 0 Å². The van der Waals surface area contributed by atoms with E-state index in [4.69, 9.17) is 9.84 Å². The molecule has 0 radical (unpaired) electrons. The van der Waals surface area contributed by atoms with E-state index in [1.165, 1.54) is 25.7 Å². The van der Waals surface area contributed by atoms with E-state index in [2.05, 4.69) is 27.7 Å². The van der Waals surface area contributed by atoms with E-state index in [-0.39, 0.29) is 17.5 Å². The SMILES string of the molecule is CC(C)CC1CC(C(=O)O)C1.CC(C)CC1CC(CC(=O)OC(C)(C)C)C1. The molecule has 158 valence electrons. The van der Waals surface area contributed by atoms with Crippen LogP contribution in [0.2, 0.25) is 0 Å². The molecule has 1 N–H and O–H groups in total. The van der Waals surface area contributed by atoms with E-state index in [1.54, 1.807) is 0 Å². The van der Waals surface area contributed by atoms with Crippen molar-refractivity contribution in [1.29, 1.82) is 0 Å². The van der Waals surface area contributed by atoms with Crippen molar-refractivity contribution < 1.29 is 19.4 Å². The van der Waals surface area contributed by atoms with Gasteiger partial charge in [0.05, 0.1) is 5.92 Å². The fourth-order valence-corrected chi connectivity index (χ4v) is 4.31. The molecule has 0 heterocycles. The smallest absolute Gasteiger partial charge is 0.306 e. The fraction of sp³-hybridized carbons (Fsp3) is 0.913. The third-order valence-corrected chi connectivity index (χ3v) is 5.40. The Bertz CT molecular complexity index is 463. The molecular weight excluding hydrogens is 340 g/mol. The summed E-state index contributed by atoms with van der Waals surface area (Å²) in [5, 5.41) is 8.59. The van der Waals surface area contributed by atoms with Crippen LogP contribution in [-0.2, 0) is 14.3 Å². The molecule has 27 heavy (non-hydrogen) atoms. The largest absolute Gasteiger partial charge is 0.481 e. The van der Waals surface area contributed by atoms with Crippen LogP contribution < -0.4 is 0 Å². The maximum Gasteiger partial charge on any atom is 0.306 e. The van der Waals surface area contributed by atoms with Crippen LogP contribution in [0.15, 0.2) is 0 Å². The number of aliphatic carboxylic acids is 1. The molecule has 0 aromatic rings. The molecule has 0 unspecified atom stereocenters. The molecule has 0 amide bonds. The summed E-state index contributed by atoms with van der Waals surface area (Å²) in [6.07, 6.45) is 7.39. The number of rotatable bonds is 7. The highest BCUT2D eigenvalue weighted by atomic mass is 16.6. The molecule has 2 saturated carbocycles. The average molecular weight is 383 g/mol.